The highest BCUT2D eigenvalue weighted by atomic mass is 35.5. The predicted octanol–water partition coefficient (Wildman–Crippen LogP) is 5.11. The number of nitrogens with zero attached hydrogens (tertiary/aromatic N) is 1. The number of rotatable bonds is 10. The molecule has 186 valence electrons. The number of anilines is 1. The highest BCUT2D eigenvalue weighted by molar-refractivity contribution is 7.87. The fraction of sp³-hybridized carbons (Fsp3) is 0.240. The molecule has 0 aromatic heterocycles. The lowest BCUT2D eigenvalue weighted by molar-refractivity contribution is 0.152. The number of hydrogen-bond acceptors (Lipinski definition) is 6. The van der Waals surface area contributed by atoms with Crippen molar-refractivity contribution in [2.45, 2.75) is 18.4 Å². The van der Waals surface area contributed by atoms with Crippen molar-refractivity contribution in [2.24, 2.45) is 0 Å². The molecule has 3 rings (SSSR count). The monoisotopic (exact) mass is 518 g/mol. The SMILES string of the molecule is COCCN(Cc1cccc(OS(=O)(=O)c2c(C)cccc2Cl)c1)C(=O)Nc1ccccc1OC. The molecule has 0 atom stereocenters. The molecule has 0 fully saturated rings. The molecule has 0 spiro atoms. The van der Waals surface area contributed by atoms with Crippen LogP contribution >= 0.6 is 11.6 Å². The molecule has 3 aromatic carbocycles. The minimum atomic E-state index is -4.16. The molecule has 0 saturated carbocycles. The lowest BCUT2D eigenvalue weighted by atomic mass is 10.2. The van der Waals surface area contributed by atoms with Crippen molar-refractivity contribution in [3.8, 4) is 11.5 Å². The molecule has 0 radical (unpaired) electrons. The molecule has 10 heteroatoms. The molecule has 35 heavy (non-hydrogen) atoms. The van der Waals surface area contributed by atoms with E-state index in [1.54, 1.807) is 73.5 Å². The van der Waals surface area contributed by atoms with Gasteiger partial charge < -0.3 is 23.9 Å². The summed E-state index contributed by atoms with van der Waals surface area (Å²) in [6, 6.07) is 18.1. The Morgan fingerprint density at radius 3 is 2.49 bits per heavy atom. The van der Waals surface area contributed by atoms with Crippen molar-refractivity contribution in [3.05, 3.63) is 82.9 Å². The molecule has 1 N–H and O–H groups in total. The van der Waals surface area contributed by atoms with Gasteiger partial charge >= 0.3 is 16.1 Å². The van der Waals surface area contributed by atoms with Gasteiger partial charge in [0.1, 0.15) is 16.4 Å². The summed E-state index contributed by atoms with van der Waals surface area (Å²) in [5.74, 6) is 0.640. The molecule has 3 aromatic rings. The van der Waals surface area contributed by atoms with E-state index in [-0.39, 0.29) is 28.2 Å². The van der Waals surface area contributed by atoms with Gasteiger partial charge in [0.2, 0.25) is 0 Å². The van der Waals surface area contributed by atoms with E-state index >= 15 is 0 Å². The highest BCUT2D eigenvalue weighted by Gasteiger charge is 2.23. The van der Waals surface area contributed by atoms with Gasteiger partial charge in [-0.3, -0.25) is 0 Å². The third-order valence-corrected chi connectivity index (χ3v) is 6.97. The van der Waals surface area contributed by atoms with Gasteiger partial charge in [0.15, 0.2) is 0 Å². The van der Waals surface area contributed by atoms with Gasteiger partial charge in [-0.1, -0.05) is 48.0 Å². The van der Waals surface area contributed by atoms with Crippen molar-refractivity contribution < 1.29 is 26.9 Å². The van der Waals surface area contributed by atoms with Gasteiger partial charge in [-0.05, 0) is 48.4 Å². The first-order valence-electron chi connectivity index (χ1n) is 10.7. The third-order valence-electron chi connectivity index (χ3n) is 5.09. The molecule has 2 amide bonds. The van der Waals surface area contributed by atoms with E-state index in [9.17, 15) is 13.2 Å². The van der Waals surface area contributed by atoms with E-state index in [1.165, 1.54) is 19.2 Å². The van der Waals surface area contributed by atoms with Crippen molar-refractivity contribution >= 4 is 33.4 Å². The summed E-state index contributed by atoms with van der Waals surface area (Å²) in [6.45, 7) is 2.45. The van der Waals surface area contributed by atoms with E-state index < -0.39 is 10.1 Å². The summed E-state index contributed by atoms with van der Waals surface area (Å²) in [4.78, 5) is 14.5. The van der Waals surface area contributed by atoms with Crippen LogP contribution in [-0.4, -0.2) is 46.7 Å². The maximum absolute atomic E-state index is 13.0. The zero-order valence-corrected chi connectivity index (χ0v) is 21.2. The number of nitrogens with one attached hydrogen (secondary N) is 1. The summed E-state index contributed by atoms with van der Waals surface area (Å²) in [5.41, 5.74) is 1.67. The quantitative estimate of drug-likeness (QED) is 0.375. The minimum Gasteiger partial charge on any atom is -0.495 e. The van der Waals surface area contributed by atoms with Gasteiger partial charge in [-0.2, -0.15) is 8.42 Å². The first kappa shape index (κ1) is 26.3. The van der Waals surface area contributed by atoms with Crippen LogP contribution in [0.4, 0.5) is 10.5 Å². The fourth-order valence-corrected chi connectivity index (χ4v) is 5.13. The van der Waals surface area contributed by atoms with Gasteiger partial charge in [0.05, 0.1) is 24.4 Å². The second-order valence-corrected chi connectivity index (χ2v) is 9.51. The van der Waals surface area contributed by atoms with Crippen LogP contribution in [0.15, 0.2) is 71.6 Å². The maximum atomic E-state index is 13.0. The van der Waals surface area contributed by atoms with Gasteiger partial charge in [0.25, 0.3) is 0 Å². The standard InChI is InChI=1S/C25H27ClN2O6S/c1-18-8-6-11-21(26)24(18)35(30,31)34-20-10-7-9-19(16-20)17-28(14-15-32-2)25(29)27-22-12-4-5-13-23(22)33-3/h4-13,16H,14-15,17H2,1-3H3,(H,27,29). The number of carbonyl (C=O) groups is 1. The molecule has 0 heterocycles. The summed E-state index contributed by atoms with van der Waals surface area (Å²) in [7, 11) is -1.08. The lowest BCUT2D eigenvalue weighted by Gasteiger charge is -2.23. The van der Waals surface area contributed by atoms with Crippen LogP contribution in [0.5, 0.6) is 11.5 Å². The Morgan fingerprint density at radius 1 is 1.03 bits per heavy atom. The molecule has 0 unspecified atom stereocenters. The number of hydrogen-bond donors (Lipinski definition) is 1. The smallest absolute Gasteiger partial charge is 0.340 e. The Bertz CT molecular complexity index is 1260. The molecule has 0 aliphatic rings. The molecule has 0 aliphatic heterocycles. The minimum absolute atomic E-state index is 0.0787. The number of amides is 2. The van der Waals surface area contributed by atoms with Gasteiger partial charge in [-0.25, -0.2) is 4.79 Å². The zero-order chi connectivity index (χ0) is 25.4. The molecule has 0 bridgehead atoms. The summed E-state index contributed by atoms with van der Waals surface area (Å²) >= 11 is 6.12. The number of para-hydroxylation sites is 2. The number of aryl methyl sites for hydroxylation is 1. The van der Waals surface area contributed by atoms with Crippen LogP contribution in [0.2, 0.25) is 5.02 Å². The molecular formula is C25H27ClN2O6S. The van der Waals surface area contributed by atoms with Gasteiger partial charge in [0, 0.05) is 20.2 Å². The van der Waals surface area contributed by atoms with Crippen molar-refractivity contribution in [1.82, 2.24) is 4.90 Å². The van der Waals surface area contributed by atoms with Crippen LogP contribution in [-0.2, 0) is 21.4 Å². The Balaban J connectivity index is 1.80. The zero-order valence-electron chi connectivity index (χ0n) is 19.7. The van der Waals surface area contributed by atoms with Crippen LogP contribution < -0.4 is 14.2 Å². The molecule has 0 saturated heterocycles. The first-order valence-corrected chi connectivity index (χ1v) is 12.5. The second kappa shape index (κ2) is 11.9. The second-order valence-electron chi connectivity index (χ2n) is 7.62. The number of ether oxygens (including phenoxy) is 2. The number of halogens is 1. The average molecular weight is 519 g/mol. The Labute approximate surface area is 210 Å². The van der Waals surface area contributed by atoms with Crippen LogP contribution in [0.1, 0.15) is 11.1 Å². The van der Waals surface area contributed by atoms with Crippen LogP contribution in [0, 0.1) is 6.92 Å². The van der Waals surface area contributed by atoms with Crippen LogP contribution in [0.25, 0.3) is 0 Å². The van der Waals surface area contributed by atoms with Crippen molar-refractivity contribution in [2.75, 3.05) is 32.7 Å². The normalized spacial score (nSPS) is 11.1. The number of benzene rings is 3. The number of carbonyl (C=O) groups excluding carboxylic acids is 1. The molecule has 0 aliphatic carbocycles. The van der Waals surface area contributed by atoms with E-state index in [2.05, 4.69) is 5.32 Å². The van der Waals surface area contributed by atoms with E-state index in [4.69, 9.17) is 25.3 Å². The lowest BCUT2D eigenvalue weighted by Crippen LogP contribution is -2.37. The molecule has 8 nitrogen and oxygen atoms in total. The van der Waals surface area contributed by atoms with Crippen molar-refractivity contribution in [3.63, 3.8) is 0 Å². The largest absolute Gasteiger partial charge is 0.495 e. The number of methoxy groups -OCH3 is 2. The predicted molar refractivity (Wildman–Crippen MR) is 135 cm³/mol. The maximum Gasteiger partial charge on any atom is 0.340 e. The fourth-order valence-electron chi connectivity index (χ4n) is 3.41. The Morgan fingerprint density at radius 2 is 1.77 bits per heavy atom. The molecular weight excluding hydrogens is 492 g/mol. The highest BCUT2D eigenvalue weighted by Crippen LogP contribution is 2.28. The van der Waals surface area contributed by atoms with E-state index in [1.807, 2.05) is 0 Å². The summed E-state index contributed by atoms with van der Waals surface area (Å²) in [6.07, 6.45) is 0. The Hall–Kier alpha value is -3.27. The van der Waals surface area contributed by atoms with Crippen molar-refractivity contribution in [1.29, 1.82) is 0 Å². The average Bonchev–Trinajstić information content (AvgIpc) is 2.81. The first-order chi connectivity index (χ1) is 16.7. The van der Waals surface area contributed by atoms with E-state index in [0.717, 1.165) is 0 Å². The van der Waals surface area contributed by atoms with E-state index in [0.29, 0.717) is 35.7 Å². The van der Waals surface area contributed by atoms with Crippen LogP contribution in [0.3, 0.4) is 0 Å². The summed E-state index contributed by atoms with van der Waals surface area (Å²) < 4.78 is 41.6. The third kappa shape index (κ3) is 6.88. The topological polar surface area (TPSA) is 94.2 Å². The Kier molecular flexibility index (Phi) is 8.97. The van der Waals surface area contributed by atoms with Gasteiger partial charge in [-0.15, -0.1) is 0 Å². The summed E-state index contributed by atoms with van der Waals surface area (Å²) in [5, 5.41) is 2.93. The number of urea groups is 1.